The molecule has 2 N–H and O–H groups in total. The van der Waals surface area contributed by atoms with E-state index >= 15 is 0 Å². The summed E-state index contributed by atoms with van der Waals surface area (Å²) < 4.78 is 0. The van der Waals surface area contributed by atoms with Gasteiger partial charge in [-0.1, -0.05) is 27.7 Å². The maximum absolute atomic E-state index is 10.0. The van der Waals surface area contributed by atoms with Crippen LogP contribution in [0.2, 0.25) is 0 Å². The van der Waals surface area contributed by atoms with E-state index in [0.29, 0.717) is 17.4 Å². The van der Waals surface area contributed by atoms with Gasteiger partial charge in [0.05, 0.1) is 5.60 Å². The average Bonchev–Trinajstić information content (AvgIpc) is 2.54. The highest BCUT2D eigenvalue weighted by Crippen LogP contribution is 2.41. The minimum atomic E-state index is -0.599. The second-order valence-electron chi connectivity index (χ2n) is 7.46. The van der Waals surface area contributed by atoms with Crippen LogP contribution in [0.1, 0.15) is 54.4 Å². The van der Waals surface area contributed by atoms with Gasteiger partial charge in [0, 0.05) is 19.1 Å². The van der Waals surface area contributed by atoms with E-state index < -0.39 is 5.60 Å². The lowest BCUT2D eigenvalue weighted by molar-refractivity contribution is 0.0306. The molecule has 1 rings (SSSR count). The average molecular weight is 270 g/mol. The lowest BCUT2D eigenvalue weighted by atomic mass is 9.84. The molecule has 19 heavy (non-hydrogen) atoms. The summed E-state index contributed by atoms with van der Waals surface area (Å²) in [7, 11) is 0. The van der Waals surface area contributed by atoms with E-state index in [1.165, 1.54) is 12.8 Å². The largest absolute Gasteiger partial charge is 0.389 e. The predicted molar refractivity (Wildman–Crippen MR) is 82.4 cm³/mol. The van der Waals surface area contributed by atoms with Crippen LogP contribution in [0.5, 0.6) is 0 Å². The van der Waals surface area contributed by atoms with Crippen LogP contribution in [0.25, 0.3) is 0 Å². The summed E-state index contributed by atoms with van der Waals surface area (Å²) >= 11 is 0. The molecule has 0 amide bonds. The van der Waals surface area contributed by atoms with Crippen LogP contribution in [0, 0.1) is 11.3 Å². The van der Waals surface area contributed by atoms with E-state index in [1.54, 1.807) is 0 Å². The number of nitrogens with zero attached hydrogens (tertiary/aromatic N) is 1. The number of likely N-dealkylation sites (N-methyl/N-ethyl adjacent to an activating group) is 1. The summed E-state index contributed by atoms with van der Waals surface area (Å²) in [5.74, 6) is 0.706. The molecule has 114 valence electrons. The van der Waals surface area contributed by atoms with Crippen LogP contribution >= 0.6 is 0 Å². The van der Waals surface area contributed by atoms with Gasteiger partial charge < -0.3 is 15.3 Å². The van der Waals surface area contributed by atoms with E-state index in [4.69, 9.17) is 0 Å². The van der Waals surface area contributed by atoms with Gasteiger partial charge in [0.1, 0.15) is 0 Å². The van der Waals surface area contributed by atoms with Gasteiger partial charge in [-0.25, -0.2) is 0 Å². The molecule has 0 radical (unpaired) electrons. The first-order chi connectivity index (χ1) is 8.69. The lowest BCUT2D eigenvalue weighted by Gasteiger charge is -2.35. The van der Waals surface area contributed by atoms with Gasteiger partial charge in [-0.2, -0.15) is 0 Å². The van der Waals surface area contributed by atoms with Crippen molar-refractivity contribution in [1.29, 1.82) is 0 Å². The van der Waals surface area contributed by atoms with Crippen molar-refractivity contribution in [2.75, 3.05) is 26.2 Å². The van der Waals surface area contributed by atoms with Crippen molar-refractivity contribution < 1.29 is 5.11 Å². The Bertz CT molecular complexity index is 270. The molecule has 1 fully saturated rings. The molecule has 0 aromatic heterocycles. The monoisotopic (exact) mass is 270 g/mol. The molecule has 1 saturated carbocycles. The van der Waals surface area contributed by atoms with Crippen LogP contribution in [-0.4, -0.2) is 47.8 Å². The van der Waals surface area contributed by atoms with Gasteiger partial charge in [-0.15, -0.1) is 0 Å². The van der Waals surface area contributed by atoms with Gasteiger partial charge in [0.25, 0.3) is 0 Å². The van der Waals surface area contributed by atoms with E-state index in [-0.39, 0.29) is 0 Å². The molecule has 0 bridgehead atoms. The van der Waals surface area contributed by atoms with Crippen molar-refractivity contribution in [3.05, 3.63) is 0 Å². The molecule has 0 aromatic rings. The van der Waals surface area contributed by atoms with Crippen molar-refractivity contribution in [3.8, 4) is 0 Å². The minimum absolute atomic E-state index is 0.398. The Balaban J connectivity index is 2.63. The molecule has 2 atom stereocenters. The fourth-order valence-electron chi connectivity index (χ4n) is 3.56. The summed E-state index contributed by atoms with van der Waals surface area (Å²) in [4.78, 5) is 2.40. The first-order valence-electron chi connectivity index (χ1n) is 7.87. The molecular weight excluding hydrogens is 236 g/mol. The zero-order valence-electron chi connectivity index (χ0n) is 13.8. The molecule has 0 heterocycles. The molecule has 3 heteroatoms. The number of hydrogen-bond donors (Lipinski definition) is 2. The highest BCUT2D eigenvalue weighted by Gasteiger charge is 2.41. The van der Waals surface area contributed by atoms with Crippen molar-refractivity contribution in [1.82, 2.24) is 10.2 Å². The van der Waals surface area contributed by atoms with Crippen molar-refractivity contribution >= 4 is 0 Å². The van der Waals surface area contributed by atoms with E-state index in [2.05, 4.69) is 37.9 Å². The van der Waals surface area contributed by atoms with E-state index in [9.17, 15) is 5.11 Å². The minimum Gasteiger partial charge on any atom is -0.389 e. The topological polar surface area (TPSA) is 35.5 Å². The van der Waals surface area contributed by atoms with Gasteiger partial charge >= 0.3 is 0 Å². The van der Waals surface area contributed by atoms with Gasteiger partial charge in [0.15, 0.2) is 0 Å². The Labute approximate surface area is 119 Å². The number of aliphatic hydroxyl groups is 1. The zero-order valence-corrected chi connectivity index (χ0v) is 13.8. The Morgan fingerprint density at radius 1 is 1.32 bits per heavy atom. The smallest absolute Gasteiger partial charge is 0.0718 e. The van der Waals surface area contributed by atoms with Crippen molar-refractivity contribution in [2.45, 2.75) is 66.0 Å². The molecule has 2 unspecified atom stereocenters. The number of hydrogen-bond acceptors (Lipinski definition) is 3. The summed E-state index contributed by atoms with van der Waals surface area (Å²) in [6.07, 6.45) is 2.60. The summed E-state index contributed by atoms with van der Waals surface area (Å²) in [6, 6.07) is 0.605. The Hall–Kier alpha value is -0.120. The molecule has 1 aliphatic rings. The second-order valence-corrected chi connectivity index (χ2v) is 7.46. The van der Waals surface area contributed by atoms with Crippen LogP contribution in [0.3, 0.4) is 0 Å². The van der Waals surface area contributed by atoms with Crippen LogP contribution < -0.4 is 5.32 Å². The summed E-state index contributed by atoms with van der Waals surface area (Å²) in [5.41, 5.74) is -0.202. The third-order valence-electron chi connectivity index (χ3n) is 4.45. The van der Waals surface area contributed by atoms with Crippen molar-refractivity contribution in [3.63, 3.8) is 0 Å². The fourth-order valence-corrected chi connectivity index (χ4v) is 3.56. The Morgan fingerprint density at radius 3 is 2.42 bits per heavy atom. The second kappa shape index (κ2) is 6.55. The molecule has 1 aliphatic carbocycles. The van der Waals surface area contributed by atoms with Gasteiger partial charge in [-0.3, -0.25) is 0 Å². The molecule has 0 saturated heterocycles. The molecule has 3 nitrogen and oxygen atoms in total. The third kappa shape index (κ3) is 5.05. The quantitative estimate of drug-likeness (QED) is 0.746. The first kappa shape index (κ1) is 16.9. The maximum atomic E-state index is 10.0. The fraction of sp³-hybridized carbons (Fsp3) is 1.00. The Kier molecular flexibility index (Phi) is 5.84. The molecule has 0 aromatic carbocycles. The number of rotatable bonds is 7. The lowest BCUT2D eigenvalue weighted by Crippen LogP contribution is -2.47. The van der Waals surface area contributed by atoms with Crippen LogP contribution in [0.4, 0.5) is 0 Å². The highest BCUT2D eigenvalue weighted by molar-refractivity contribution is 4.97. The van der Waals surface area contributed by atoms with Gasteiger partial charge in [0.2, 0.25) is 0 Å². The normalized spacial score (nSPS) is 27.2. The third-order valence-corrected chi connectivity index (χ3v) is 4.45. The standard InChI is InChI=1S/C16H34N2O/c1-7-17-14-13(9-10-15(14,3)4)11-18(8-2)12-16(5,6)19/h13-14,17,19H,7-12H2,1-6H3. The molecule has 0 aliphatic heterocycles. The summed E-state index contributed by atoms with van der Waals surface area (Å²) in [5, 5.41) is 13.7. The predicted octanol–water partition coefficient (Wildman–Crippen LogP) is 2.49. The van der Waals surface area contributed by atoms with Gasteiger partial charge in [-0.05, 0) is 51.1 Å². The Morgan fingerprint density at radius 2 is 1.95 bits per heavy atom. The van der Waals surface area contributed by atoms with Crippen LogP contribution in [-0.2, 0) is 0 Å². The summed E-state index contributed by atoms with van der Waals surface area (Å²) in [6.45, 7) is 16.9. The van der Waals surface area contributed by atoms with E-state index in [1.807, 2.05) is 13.8 Å². The van der Waals surface area contributed by atoms with Crippen LogP contribution in [0.15, 0.2) is 0 Å². The maximum Gasteiger partial charge on any atom is 0.0718 e. The first-order valence-corrected chi connectivity index (χ1v) is 7.87. The SMILES string of the molecule is CCNC1C(CN(CC)CC(C)(C)O)CCC1(C)C. The van der Waals surface area contributed by atoms with E-state index in [0.717, 1.165) is 26.2 Å². The zero-order chi connectivity index (χ0) is 14.7. The highest BCUT2D eigenvalue weighted by atomic mass is 16.3. The molecular formula is C16H34N2O. The van der Waals surface area contributed by atoms with Crippen molar-refractivity contribution in [2.24, 2.45) is 11.3 Å². The molecule has 0 spiro atoms. The number of nitrogens with one attached hydrogen (secondary N) is 1.